The Morgan fingerprint density at radius 2 is 2.09 bits per heavy atom. The van der Waals surface area contributed by atoms with Crippen molar-refractivity contribution in [1.29, 1.82) is 0 Å². The van der Waals surface area contributed by atoms with E-state index in [2.05, 4.69) is 4.98 Å². The van der Waals surface area contributed by atoms with Gasteiger partial charge in [-0.25, -0.2) is 4.98 Å². The molecule has 0 radical (unpaired) electrons. The first-order chi connectivity index (χ1) is 10.0. The molecule has 128 valence electrons. The van der Waals surface area contributed by atoms with Gasteiger partial charge in [0.05, 0.1) is 16.8 Å². The van der Waals surface area contributed by atoms with Crippen LogP contribution in [0.1, 0.15) is 12.1 Å². The van der Waals surface area contributed by atoms with Crippen molar-refractivity contribution in [2.45, 2.75) is 25.1 Å². The largest absolute Gasteiger partial charge is 0.392 e. The lowest BCUT2D eigenvalue weighted by Crippen LogP contribution is -2.48. The molecule has 6 nitrogen and oxygen atoms in total. The topological polar surface area (TPSA) is 83.9 Å². The second-order valence-electron chi connectivity index (χ2n) is 5.50. The molecular weight excluding hydrogens is 363 g/mol. The van der Waals surface area contributed by atoms with Crippen LogP contribution in [0.25, 0.3) is 5.65 Å². The number of nitrogens with two attached hydrogens (primary N) is 1. The summed E-state index contributed by atoms with van der Waals surface area (Å²) in [6.45, 7) is 1.74. The number of piperidine rings is 1. The first kappa shape index (κ1) is 20.2. The van der Waals surface area contributed by atoms with E-state index in [-0.39, 0.29) is 36.4 Å². The standard InChI is InChI=1S/C14H17ClN4O2.2ClH/c15-9-1-2-13-17-11(4-14(21)19(13)5-9)7-18-6-10(16)3-12(20)8-18;;/h1-2,4-5,10,12,20H,3,6-8,16H2;2*1H/t10-,12+;;/m0../s1. The maximum absolute atomic E-state index is 12.1. The predicted octanol–water partition coefficient (Wildman–Crippen LogP) is 1.09. The number of pyridine rings is 1. The first-order valence-corrected chi connectivity index (χ1v) is 7.23. The molecule has 0 bridgehead atoms. The summed E-state index contributed by atoms with van der Waals surface area (Å²) in [7, 11) is 0. The van der Waals surface area contributed by atoms with Crippen LogP contribution in [0.15, 0.2) is 29.2 Å². The number of nitrogens with zero attached hydrogens (tertiary/aromatic N) is 3. The van der Waals surface area contributed by atoms with Crippen LogP contribution in [-0.2, 0) is 6.54 Å². The van der Waals surface area contributed by atoms with Gasteiger partial charge in [-0.3, -0.25) is 14.1 Å². The lowest BCUT2D eigenvalue weighted by atomic mass is 10.0. The van der Waals surface area contributed by atoms with Gasteiger partial charge in [0.2, 0.25) is 0 Å². The van der Waals surface area contributed by atoms with Gasteiger partial charge in [0.25, 0.3) is 5.56 Å². The van der Waals surface area contributed by atoms with E-state index in [9.17, 15) is 9.90 Å². The Morgan fingerprint density at radius 1 is 1.35 bits per heavy atom. The minimum atomic E-state index is -0.422. The van der Waals surface area contributed by atoms with Crippen molar-refractivity contribution in [2.24, 2.45) is 5.73 Å². The lowest BCUT2D eigenvalue weighted by Gasteiger charge is -2.33. The number of hydrogen-bond acceptors (Lipinski definition) is 5. The third-order valence-corrected chi connectivity index (χ3v) is 3.82. The third kappa shape index (κ3) is 4.79. The molecule has 1 fully saturated rings. The van der Waals surface area contributed by atoms with Gasteiger partial charge < -0.3 is 10.8 Å². The van der Waals surface area contributed by atoms with Crippen molar-refractivity contribution in [3.63, 3.8) is 0 Å². The van der Waals surface area contributed by atoms with Crippen LogP contribution in [0.5, 0.6) is 0 Å². The fourth-order valence-electron chi connectivity index (χ4n) is 2.77. The molecule has 2 aromatic rings. The highest BCUT2D eigenvalue weighted by Crippen LogP contribution is 2.13. The highest BCUT2D eigenvalue weighted by Gasteiger charge is 2.23. The van der Waals surface area contributed by atoms with Crippen LogP contribution >= 0.6 is 36.4 Å². The molecule has 1 saturated heterocycles. The maximum atomic E-state index is 12.1. The zero-order valence-electron chi connectivity index (χ0n) is 12.3. The molecule has 3 N–H and O–H groups in total. The fraction of sp³-hybridized carbons (Fsp3) is 0.429. The third-order valence-electron chi connectivity index (χ3n) is 3.60. The Hall–Kier alpha value is -0.890. The molecule has 0 unspecified atom stereocenters. The molecule has 2 atom stereocenters. The van der Waals surface area contributed by atoms with Crippen molar-refractivity contribution in [3.05, 3.63) is 45.5 Å². The molecule has 1 aliphatic rings. The van der Waals surface area contributed by atoms with Gasteiger partial charge in [-0.05, 0) is 18.6 Å². The average Bonchev–Trinajstić information content (AvgIpc) is 2.38. The van der Waals surface area contributed by atoms with E-state index in [1.165, 1.54) is 10.5 Å². The van der Waals surface area contributed by atoms with E-state index >= 15 is 0 Å². The molecule has 0 aromatic carbocycles. The summed E-state index contributed by atoms with van der Waals surface area (Å²) in [4.78, 5) is 18.6. The van der Waals surface area contributed by atoms with Crippen molar-refractivity contribution in [3.8, 4) is 0 Å². The second-order valence-corrected chi connectivity index (χ2v) is 5.94. The van der Waals surface area contributed by atoms with E-state index < -0.39 is 6.10 Å². The van der Waals surface area contributed by atoms with Crippen molar-refractivity contribution >= 4 is 42.1 Å². The van der Waals surface area contributed by atoms with Gasteiger partial charge in [-0.1, -0.05) is 11.6 Å². The number of aliphatic hydroxyl groups excluding tert-OH is 1. The Kier molecular flexibility index (Phi) is 7.26. The van der Waals surface area contributed by atoms with Crippen LogP contribution in [-0.4, -0.2) is 44.6 Å². The minimum Gasteiger partial charge on any atom is -0.392 e. The van der Waals surface area contributed by atoms with Gasteiger partial charge in [0, 0.05) is 37.9 Å². The molecule has 0 aliphatic carbocycles. The van der Waals surface area contributed by atoms with Crippen LogP contribution in [0.2, 0.25) is 5.02 Å². The average molecular weight is 382 g/mol. The molecule has 3 rings (SSSR count). The molecule has 1 aliphatic heterocycles. The maximum Gasteiger partial charge on any atom is 0.258 e. The zero-order valence-corrected chi connectivity index (χ0v) is 14.7. The molecule has 3 heterocycles. The second kappa shape index (κ2) is 8.28. The fourth-order valence-corrected chi connectivity index (χ4v) is 2.93. The molecule has 0 amide bonds. The van der Waals surface area contributed by atoms with Crippen LogP contribution < -0.4 is 11.3 Å². The summed E-state index contributed by atoms with van der Waals surface area (Å²) >= 11 is 5.88. The highest BCUT2D eigenvalue weighted by atomic mass is 35.5. The number of fused-ring (bicyclic) bond motifs is 1. The van der Waals surface area contributed by atoms with Crippen LogP contribution in [0.4, 0.5) is 0 Å². The summed E-state index contributed by atoms with van der Waals surface area (Å²) in [5, 5.41) is 10.3. The SMILES string of the molecule is Cl.Cl.N[C@H]1C[C@@H](O)CN(Cc2cc(=O)n3cc(Cl)ccc3n2)C1. The molecule has 9 heteroatoms. The van der Waals surface area contributed by atoms with E-state index in [1.807, 2.05) is 4.90 Å². The number of hydrogen-bond donors (Lipinski definition) is 2. The van der Waals surface area contributed by atoms with Crippen molar-refractivity contribution in [1.82, 2.24) is 14.3 Å². The molecule has 0 saturated carbocycles. The minimum absolute atomic E-state index is 0. The zero-order chi connectivity index (χ0) is 15.0. The Morgan fingerprint density at radius 3 is 2.78 bits per heavy atom. The van der Waals surface area contributed by atoms with E-state index in [1.54, 1.807) is 18.3 Å². The van der Waals surface area contributed by atoms with E-state index in [0.29, 0.717) is 42.4 Å². The lowest BCUT2D eigenvalue weighted by molar-refractivity contribution is 0.0559. The molecule has 23 heavy (non-hydrogen) atoms. The summed E-state index contributed by atoms with van der Waals surface area (Å²) in [6, 6.07) is 4.86. The normalized spacial score (nSPS) is 21.5. The Balaban J connectivity index is 0.00000132. The van der Waals surface area contributed by atoms with Gasteiger partial charge in [-0.15, -0.1) is 24.8 Å². The van der Waals surface area contributed by atoms with Crippen LogP contribution in [0, 0.1) is 0 Å². The summed E-state index contributed by atoms with van der Waals surface area (Å²) in [6.07, 6.45) is 1.74. The van der Waals surface area contributed by atoms with Crippen LogP contribution in [0.3, 0.4) is 0 Å². The van der Waals surface area contributed by atoms with Crippen molar-refractivity contribution in [2.75, 3.05) is 13.1 Å². The number of β-amino-alcohol motifs (C(OH)–C–C–N with tert-alkyl or cyclic N) is 1. The first-order valence-electron chi connectivity index (χ1n) is 6.85. The monoisotopic (exact) mass is 380 g/mol. The number of aromatic nitrogens is 2. The number of aliphatic hydroxyl groups is 1. The smallest absolute Gasteiger partial charge is 0.258 e. The van der Waals surface area contributed by atoms with E-state index in [4.69, 9.17) is 17.3 Å². The van der Waals surface area contributed by atoms with Gasteiger partial charge >= 0.3 is 0 Å². The van der Waals surface area contributed by atoms with E-state index in [0.717, 1.165) is 0 Å². The van der Waals surface area contributed by atoms with Crippen molar-refractivity contribution < 1.29 is 5.11 Å². The number of halogens is 3. The van der Waals surface area contributed by atoms with Gasteiger partial charge in [0.15, 0.2) is 0 Å². The number of likely N-dealkylation sites (tertiary alicyclic amines) is 1. The summed E-state index contributed by atoms with van der Waals surface area (Å²) in [5.41, 5.74) is 6.97. The summed E-state index contributed by atoms with van der Waals surface area (Å²) < 4.78 is 1.42. The highest BCUT2D eigenvalue weighted by molar-refractivity contribution is 6.30. The Bertz CT molecular complexity index is 715. The molecule has 2 aromatic heterocycles. The van der Waals surface area contributed by atoms with Gasteiger partial charge in [0.1, 0.15) is 5.65 Å². The Labute approximate surface area is 151 Å². The molecule has 0 spiro atoms. The quantitative estimate of drug-likeness (QED) is 0.813. The molecular formula is C14H19Cl3N4O2. The summed E-state index contributed by atoms with van der Waals surface area (Å²) in [5.74, 6) is 0. The predicted molar refractivity (Wildman–Crippen MR) is 94.8 cm³/mol. The number of rotatable bonds is 2. The van der Waals surface area contributed by atoms with Gasteiger partial charge in [-0.2, -0.15) is 0 Å².